The van der Waals surface area contributed by atoms with Gasteiger partial charge in [-0.1, -0.05) is 51.2 Å². The van der Waals surface area contributed by atoms with Gasteiger partial charge >= 0.3 is 11.9 Å². The Kier molecular flexibility index (Phi) is 11.1. The third kappa shape index (κ3) is 6.99. The molecule has 0 aromatic carbocycles. The van der Waals surface area contributed by atoms with Crippen LogP contribution < -0.4 is 5.32 Å². The number of hydrogen-bond acceptors (Lipinski definition) is 6. The SMILES string of the molecule is C=CCC1(C)C2CC[C@@]3(C)C4CC[C@@]5(C(=O)NC6C=CC(CN7CCOCC7)C6)CCC(C(=C)C)C5C4CCC3[C@@]2(C)CC[C@@H]1OC(=O)CC(C)(C)C(=O)O. The van der Waals surface area contributed by atoms with Crippen LogP contribution in [0.3, 0.4) is 0 Å². The van der Waals surface area contributed by atoms with Gasteiger partial charge in [0.2, 0.25) is 5.91 Å². The Morgan fingerprint density at radius 3 is 2.36 bits per heavy atom. The molecule has 0 aromatic rings. The minimum Gasteiger partial charge on any atom is -0.481 e. The molecule has 1 aliphatic heterocycles. The molecule has 2 N–H and O–H groups in total. The average molecular weight is 761 g/mol. The Bertz CT molecular complexity index is 1550. The van der Waals surface area contributed by atoms with Crippen molar-refractivity contribution >= 4 is 17.8 Å². The third-order valence-corrected chi connectivity index (χ3v) is 17.5. The molecular formula is C47H72N2O6. The van der Waals surface area contributed by atoms with Crippen molar-refractivity contribution < 1.29 is 29.0 Å². The summed E-state index contributed by atoms with van der Waals surface area (Å²) >= 11 is 0. The number of aliphatic carboxylic acids is 1. The summed E-state index contributed by atoms with van der Waals surface area (Å²) < 4.78 is 11.8. The Balaban J connectivity index is 1.08. The molecule has 0 radical (unpaired) electrons. The van der Waals surface area contributed by atoms with Crippen molar-refractivity contribution in [1.82, 2.24) is 10.2 Å². The molecule has 7 aliphatic rings. The lowest BCUT2D eigenvalue weighted by Crippen LogP contribution is -2.64. The second-order valence-corrected chi connectivity index (χ2v) is 21.0. The number of morpholine rings is 1. The van der Waals surface area contributed by atoms with Crippen LogP contribution in [0, 0.1) is 68.5 Å². The Morgan fingerprint density at radius 2 is 1.67 bits per heavy atom. The summed E-state index contributed by atoms with van der Waals surface area (Å²) in [5.41, 5.74) is -0.201. The van der Waals surface area contributed by atoms with Crippen molar-refractivity contribution in [2.75, 3.05) is 32.8 Å². The van der Waals surface area contributed by atoms with E-state index in [-0.39, 0.29) is 40.2 Å². The molecule has 0 bridgehead atoms. The van der Waals surface area contributed by atoms with Crippen molar-refractivity contribution in [3.05, 3.63) is 37.0 Å². The number of rotatable bonds is 11. The summed E-state index contributed by atoms with van der Waals surface area (Å²) in [4.78, 5) is 42.4. The largest absolute Gasteiger partial charge is 0.481 e. The van der Waals surface area contributed by atoms with Gasteiger partial charge in [-0.3, -0.25) is 19.3 Å². The molecule has 8 heteroatoms. The summed E-state index contributed by atoms with van der Waals surface area (Å²) in [6, 6.07) is 0.113. The minimum absolute atomic E-state index is 0.0981. The van der Waals surface area contributed by atoms with Gasteiger partial charge in [-0.2, -0.15) is 0 Å². The zero-order chi connectivity index (χ0) is 39.6. The first-order chi connectivity index (χ1) is 26.0. The van der Waals surface area contributed by atoms with Gasteiger partial charge in [0.05, 0.1) is 30.5 Å². The van der Waals surface area contributed by atoms with Gasteiger partial charge in [0.1, 0.15) is 6.10 Å². The molecule has 6 fully saturated rings. The highest BCUT2D eigenvalue weighted by Gasteiger charge is 2.69. The van der Waals surface area contributed by atoms with Crippen molar-refractivity contribution in [3.63, 3.8) is 0 Å². The number of nitrogens with zero attached hydrogens (tertiary/aromatic N) is 1. The van der Waals surface area contributed by atoms with E-state index in [2.05, 4.69) is 63.2 Å². The van der Waals surface area contributed by atoms with Crippen LogP contribution in [0.1, 0.15) is 125 Å². The summed E-state index contributed by atoms with van der Waals surface area (Å²) in [6.07, 6.45) is 18.5. The Hall–Kier alpha value is -2.45. The predicted molar refractivity (Wildman–Crippen MR) is 216 cm³/mol. The van der Waals surface area contributed by atoms with Crippen molar-refractivity contribution in [3.8, 4) is 0 Å². The standard InChI is InChI=1S/C47H72N2O6/c1-9-18-46(8)37-16-19-44(6)35-15-22-47(41(51)48-32-11-10-31(27-32)29-49-23-25-54-26-24-49)21-14-33(30(2)3)40(47)34(35)12-13-36(44)45(37,7)20-17-38(46)55-39(50)28-43(4,5)42(52)53/h9-11,31-38,40H,1-2,12-29H2,3-8H3,(H,48,51)(H,52,53)/t31?,32?,33?,34?,35?,36?,37?,38-,40?,44-,45+,46?,47-/m0/s1. The maximum atomic E-state index is 14.8. The molecule has 8 nitrogen and oxygen atoms in total. The monoisotopic (exact) mass is 761 g/mol. The zero-order valence-corrected chi connectivity index (χ0v) is 35.0. The van der Waals surface area contributed by atoms with Crippen LogP contribution in [0.2, 0.25) is 0 Å². The Labute approximate surface area is 331 Å². The van der Waals surface area contributed by atoms with E-state index in [0.717, 1.165) is 97.1 Å². The molecular weight excluding hydrogens is 689 g/mol. The van der Waals surface area contributed by atoms with E-state index in [0.29, 0.717) is 47.3 Å². The van der Waals surface area contributed by atoms with Crippen molar-refractivity contribution in [2.24, 2.45) is 68.5 Å². The summed E-state index contributed by atoms with van der Waals surface area (Å²) in [5, 5.41) is 13.3. The minimum atomic E-state index is -1.17. The van der Waals surface area contributed by atoms with Gasteiger partial charge in [-0.15, -0.1) is 6.58 Å². The van der Waals surface area contributed by atoms with E-state index in [1.165, 1.54) is 18.4 Å². The first kappa shape index (κ1) is 40.7. The van der Waals surface area contributed by atoms with Gasteiger partial charge in [0, 0.05) is 31.1 Å². The van der Waals surface area contributed by atoms with Crippen LogP contribution in [-0.4, -0.2) is 72.8 Å². The molecule has 7 rings (SSSR count). The average Bonchev–Trinajstić information content (AvgIpc) is 3.75. The fourth-order valence-corrected chi connectivity index (χ4v) is 14.9. The molecule has 1 saturated heterocycles. The van der Waals surface area contributed by atoms with E-state index < -0.39 is 17.4 Å². The molecule has 0 aromatic heterocycles. The summed E-state index contributed by atoms with van der Waals surface area (Å²) in [7, 11) is 0. The fraction of sp³-hybridized carbons (Fsp3) is 0.809. The normalized spacial score (nSPS) is 44.0. The van der Waals surface area contributed by atoms with Gasteiger partial charge in [-0.05, 0) is 150 Å². The molecule has 306 valence electrons. The fourth-order valence-electron chi connectivity index (χ4n) is 14.9. The lowest BCUT2D eigenvalue weighted by molar-refractivity contribution is -0.226. The number of ether oxygens (including phenoxy) is 2. The van der Waals surface area contributed by atoms with E-state index in [4.69, 9.17) is 9.47 Å². The third-order valence-electron chi connectivity index (χ3n) is 17.5. The molecule has 13 atom stereocenters. The zero-order valence-electron chi connectivity index (χ0n) is 35.0. The highest BCUT2D eigenvalue weighted by Crippen LogP contribution is 2.74. The quantitative estimate of drug-likeness (QED) is 0.161. The first-order valence-electron chi connectivity index (χ1n) is 22.0. The van der Waals surface area contributed by atoms with Gasteiger partial charge in [-0.25, -0.2) is 0 Å². The summed E-state index contributed by atoms with van der Waals surface area (Å²) in [5.74, 6) is 2.17. The lowest BCUT2D eigenvalue weighted by atomic mass is 9.35. The highest BCUT2D eigenvalue weighted by molar-refractivity contribution is 5.84. The van der Waals surface area contributed by atoms with Crippen LogP contribution in [0.5, 0.6) is 0 Å². The maximum absolute atomic E-state index is 14.8. The first-order valence-corrected chi connectivity index (χ1v) is 22.0. The second kappa shape index (κ2) is 15.1. The van der Waals surface area contributed by atoms with E-state index in [9.17, 15) is 19.5 Å². The topological polar surface area (TPSA) is 105 Å². The van der Waals surface area contributed by atoms with Gasteiger partial charge in [0.25, 0.3) is 0 Å². The number of nitrogens with one attached hydrogen (secondary N) is 1. The number of allylic oxidation sites excluding steroid dienone is 2. The molecule has 9 unspecified atom stereocenters. The van der Waals surface area contributed by atoms with E-state index >= 15 is 0 Å². The number of amides is 1. The lowest BCUT2D eigenvalue weighted by Gasteiger charge is -2.69. The molecule has 1 amide bonds. The maximum Gasteiger partial charge on any atom is 0.309 e. The molecule has 55 heavy (non-hydrogen) atoms. The van der Waals surface area contributed by atoms with Crippen molar-refractivity contribution in [1.29, 1.82) is 0 Å². The summed E-state index contributed by atoms with van der Waals surface area (Å²) in [6.45, 7) is 26.3. The van der Waals surface area contributed by atoms with E-state index in [1.54, 1.807) is 13.8 Å². The Morgan fingerprint density at radius 1 is 0.964 bits per heavy atom. The molecule has 5 saturated carbocycles. The predicted octanol–water partition coefficient (Wildman–Crippen LogP) is 8.62. The van der Waals surface area contributed by atoms with Crippen LogP contribution in [0.25, 0.3) is 0 Å². The molecule has 1 heterocycles. The number of carbonyl (C=O) groups excluding carboxylic acids is 2. The smallest absolute Gasteiger partial charge is 0.309 e. The number of hydrogen-bond donors (Lipinski definition) is 2. The molecule has 6 aliphatic carbocycles. The highest BCUT2D eigenvalue weighted by atomic mass is 16.5. The van der Waals surface area contributed by atoms with Crippen LogP contribution >= 0.6 is 0 Å². The van der Waals surface area contributed by atoms with Crippen LogP contribution in [-0.2, 0) is 23.9 Å². The number of fused-ring (bicyclic) bond motifs is 7. The van der Waals surface area contributed by atoms with Gasteiger partial charge in [0.15, 0.2) is 0 Å². The number of carbonyl (C=O) groups is 3. The number of carboxylic acid groups (broad SMARTS) is 1. The number of carboxylic acids is 1. The van der Waals surface area contributed by atoms with Gasteiger partial charge < -0.3 is 19.9 Å². The van der Waals surface area contributed by atoms with E-state index in [1.807, 2.05) is 6.08 Å². The second-order valence-electron chi connectivity index (χ2n) is 21.0. The van der Waals surface area contributed by atoms with Crippen LogP contribution in [0.4, 0.5) is 0 Å². The van der Waals surface area contributed by atoms with Crippen molar-refractivity contribution in [2.45, 2.75) is 137 Å². The number of esters is 1. The molecule has 0 spiro atoms. The van der Waals surface area contributed by atoms with Crippen LogP contribution in [0.15, 0.2) is 37.0 Å².